The van der Waals surface area contributed by atoms with Crippen molar-refractivity contribution in [3.8, 4) is 5.88 Å². The number of amides is 2. The zero-order valence-corrected chi connectivity index (χ0v) is 14.1. The predicted octanol–water partition coefficient (Wildman–Crippen LogP) is 0.928. The lowest BCUT2D eigenvalue weighted by Gasteiger charge is -2.16. The van der Waals surface area contributed by atoms with E-state index in [2.05, 4.69) is 20.4 Å². The number of fused-ring (bicyclic) bond motifs is 1. The van der Waals surface area contributed by atoms with Crippen LogP contribution in [0.4, 0.5) is 10.7 Å². The SMILES string of the molecule is Cc1cc(Cl)nc(NC(=O)NS(=O)(=O)c2cnn3c2OCCC3)n1. The first-order valence-corrected chi connectivity index (χ1v) is 8.75. The number of urea groups is 1. The van der Waals surface area contributed by atoms with Gasteiger partial charge in [-0.25, -0.2) is 32.6 Å². The monoisotopic (exact) mass is 372 g/mol. The van der Waals surface area contributed by atoms with Gasteiger partial charge < -0.3 is 4.74 Å². The molecule has 3 heterocycles. The molecule has 1 aliphatic heterocycles. The van der Waals surface area contributed by atoms with E-state index < -0.39 is 16.1 Å². The molecule has 2 aromatic rings. The number of carbonyl (C=O) groups excluding carboxylic acids is 1. The molecule has 0 saturated heterocycles. The molecule has 24 heavy (non-hydrogen) atoms. The highest BCUT2D eigenvalue weighted by Crippen LogP contribution is 2.26. The molecule has 0 saturated carbocycles. The van der Waals surface area contributed by atoms with Gasteiger partial charge in [0, 0.05) is 18.7 Å². The Morgan fingerprint density at radius 1 is 1.42 bits per heavy atom. The minimum Gasteiger partial charge on any atom is -0.477 e. The zero-order chi connectivity index (χ0) is 17.3. The van der Waals surface area contributed by atoms with E-state index in [9.17, 15) is 13.2 Å². The van der Waals surface area contributed by atoms with Crippen LogP contribution in [-0.4, -0.2) is 40.8 Å². The van der Waals surface area contributed by atoms with Gasteiger partial charge in [0.2, 0.25) is 11.8 Å². The minimum atomic E-state index is -4.16. The topological polar surface area (TPSA) is 128 Å². The third-order valence-electron chi connectivity index (χ3n) is 3.08. The molecule has 3 rings (SSSR count). The highest BCUT2D eigenvalue weighted by atomic mass is 35.5. The summed E-state index contributed by atoms with van der Waals surface area (Å²) in [5.41, 5.74) is 0.521. The molecule has 1 aliphatic rings. The van der Waals surface area contributed by atoms with Crippen LogP contribution in [0, 0.1) is 6.92 Å². The molecule has 0 bridgehead atoms. The lowest BCUT2D eigenvalue weighted by atomic mass is 10.4. The molecule has 2 aromatic heterocycles. The van der Waals surface area contributed by atoms with Crippen LogP contribution < -0.4 is 14.8 Å². The number of ether oxygens (including phenoxy) is 1. The Hall–Kier alpha value is -2.40. The lowest BCUT2D eigenvalue weighted by Crippen LogP contribution is -2.35. The number of hydrogen-bond acceptors (Lipinski definition) is 7. The number of nitrogens with one attached hydrogen (secondary N) is 2. The Bertz CT molecular complexity index is 877. The van der Waals surface area contributed by atoms with Crippen LogP contribution in [0.15, 0.2) is 17.2 Å². The van der Waals surface area contributed by atoms with Crippen LogP contribution in [0.1, 0.15) is 12.1 Å². The van der Waals surface area contributed by atoms with Crippen molar-refractivity contribution >= 4 is 33.6 Å². The van der Waals surface area contributed by atoms with E-state index in [1.54, 1.807) is 6.92 Å². The van der Waals surface area contributed by atoms with E-state index in [0.717, 1.165) is 12.6 Å². The lowest BCUT2D eigenvalue weighted by molar-refractivity contribution is 0.224. The number of hydrogen-bond donors (Lipinski definition) is 2. The highest BCUT2D eigenvalue weighted by Gasteiger charge is 2.28. The number of halogens is 1. The van der Waals surface area contributed by atoms with Gasteiger partial charge in [0.1, 0.15) is 5.15 Å². The van der Waals surface area contributed by atoms with Gasteiger partial charge in [-0.3, -0.25) is 5.32 Å². The van der Waals surface area contributed by atoms with Gasteiger partial charge in [0.05, 0.1) is 12.8 Å². The average molecular weight is 373 g/mol. The molecule has 10 nitrogen and oxygen atoms in total. The van der Waals surface area contributed by atoms with Gasteiger partial charge in [-0.1, -0.05) is 11.6 Å². The Labute approximate surface area is 142 Å². The third-order valence-corrected chi connectivity index (χ3v) is 4.58. The van der Waals surface area contributed by atoms with E-state index >= 15 is 0 Å². The van der Waals surface area contributed by atoms with Crippen LogP contribution in [-0.2, 0) is 16.6 Å². The molecular weight excluding hydrogens is 360 g/mol. The van der Waals surface area contributed by atoms with E-state index in [4.69, 9.17) is 16.3 Å². The Morgan fingerprint density at radius 2 is 2.21 bits per heavy atom. The molecule has 2 amide bonds. The van der Waals surface area contributed by atoms with Gasteiger partial charge in [0.25, 0.3) is 10.0 Å². The van der Waals surface area contributed by atoms with Gasteiger partial charge in [0.15, 0.2) is 4.90 Å². The minimum absolute atomic E-state index is 0.108. The number of carbonyl (C=O) groups is 1. The zero-order valence-electron chi connectivity index (χ0n) is 12.5. The summed E-state index contributed by atoms with van der Waals surface area (Å²) in [5, 5.41) is 6.28. The van der Waals surface area contributed by atoms with Crippen LogP contribution in [0.2, 0.25) is 5.15 Å². The fourth-order valence-electron chi connectivity index (χ4n) is 2.12. The molecular formula is C12H13ClN6O4S. The molecule has 0 aliphatic carbocycles. The van der Waals surface area contributed by atoms with Crippen molar-refractivity contribution in [3.63, 3.8) is 0 Å². The fourth-order valence-corrected chi connectivity index (χ4v) is 3.34. The number of aryl methyl sites for hydroxylation is 2. The second-order valence-electron chi connectivity index (χ2n) is 4.95. The van der Waals surface area contributed by atoms with Crippen molar-refractivity contribution in [1.29, 1.82) is 0 Å². The largest absolute Gasteiger partial charge is 0.477 e. The second-order valence-corrected chi connectivity index (χ2v) is 6.99. The summed E-state index contributed by atoms with van der Waals surface area (Å²) in [5.74, 6) is -0.00242. The molecule has 128 valence electrons. The molecule has 2 N–H and O–H groups in total. The van der Waals surface area contributed by atoms with Crippen LogP contribution >= 0.6 is 11.6 Å². The van der Waals surface area contributed by atoms with Crippen molar-refractivity contribution < 1.29 is 17.9 Å². The molecule has 0 aromatic carbocycles. The third kappa shape index (κ3) is 3.41. The molecule has 0 fully saturated rings. The summed E-state index contributed by atoms with van der Waals surface area (Å²) in [6.07, 6.45) is 1.86. The molecule has 0 spiro atoms. The second kappa shape index (κ2) is 6.24. The highest BCUT2D eigenvalue weighted by molar-refractivity contribution is 7.90. The van der Waals surface area contributed by atoms with Crippen LogP contribution in [0.5, 0.6) is 5.88 Å². The number of nitrogens with zero attached hydrogens (tertiary/aromatic N) is 4. The molecule has 0 radical (unpaired) electrons. The number of aromatic nitrogens is 4. The van der Waals surface area contributed by atoms with Gasteiger partial charge in [-0.15, -0.1) is 0 Å². The first-order chi connectivity index (χ1) is 11.3. The fraction of sp³-hybridized carbons (Fsp3) is 0.333. The molecule has 0 unspecified atom stereocenters. The van der Waals surface area contributed by atoms with Crippen LogP contribution in [0.3, 0.4) is 0 Å². The number of anilines is 1. The Balaban J connectivity index is 1.77. The van der Waals surface area contributed by atoms with Gasteiger partial charge in [-0.05, 0) is 13.0 Å². The van der Waals surface area contributed by atoms with Gasteiger partial charge >= 0.3 is 6.03 Å². The molecule has 12 heteroatoms. The maximum Gasteiger partial charge on any atom is 0.335 e. The first-order valence-electron chi connectivity index (χ1n) is 6.89. The van der Waals surface area contributed by atoms with E-state index in [1.165, 1.54) is 10.7 Å². The van der Waals surface area contributed by atoms with E-state index in [0.29, 0.717) is 18.8 Å². The molecule has 0 atom stereocenters. The summed E-state index contributed by atoms with van der Waals surface area (Å²) in [7, 11) is -4.16. The number of sulfonamides is 1. The van der Waals surface area contributed by atoms with E-state index in [-0.39, 0.29) is 21.9 Å². The van der Waals surface area contributed by atoms with E-state index in [1.807, 2.05) is 4.72 Å². The van der Waals surface area contributed by atoms with Crippen molar-refractivity contribution in [2.75, 3.05) is 11.9 Å². The number of rotatable bonds is 3. The smallest absolute Gasteiger partial charge is 0.335 e. The van der Waals surface area contributed by atoms with Crippen LogP contribution in [0.25, 0.3) is 0 Å². The predicted molar refractivity (Wildman–Crippen MR) is 83.5 cm³/mol. The Morgan fingerprint density at radius 3 is 2.96 bits per heavy atom. The summed E-state index contributed by atoms with van der Waals surface area (Å²) >= 11 is 5.76. The summed E-state index contributed by atoms with van der Waals surface area (Å²) in [4.78, 5) is 19.4. The Kier molecular flexibility index (Phi) is 4.28. The summed E-state index contributed by atoms with van der Waals surface area (Å²) in [6.45, 7) is 2.59. The standard InChI is InChI=1S/C12H13ClN6O4S/c1-7-5-9(13)16-11(15-7)17-12(20)18-24(21,22)8-6-14-19-3-2-4-23-10(8)19/h5-6H,2-4H2,1H3,(H2,15,16,17,18,20). The maximum atomic E-state index is 12.3. The van der Waals surface area contributed by atoms with Gasteiger partial charge in [-0.2, -0.15) is 5.10 Å². The normalized spacial score (nSPS) is 13.8. The average Bonchev–Trinajstić information content (AvgIpc) is 2.89. The first kappa shape index (κ1) is 16.5. The maximum absolute atomic E-state index is 12.3. The summed E-state index contributed by atoms with van der Waals surface area (Å²) < 4.78 is 33.3. The van der Waals surface area contributed by atoms with Crippen molar-refractivity contribution in [2.24, 2.45) is 0 Å². The summed E-state index contributed by atoms with van der Waals surface area (Å²) in [6, 6.07) is 0.477. The van der Waals surface area contributed by atoms with Crippen molar-refractivity contribution in [3.05, 3.63) is 23.1 Å². The quantitative estimate of drug-likeness (QED) is 0.767. The van der Waals surface area contributed by atoms with Crippen molar-refractivity contribution in [1.82, 2.24) is 24.5 Å². The van der Waals surface area contributed by atoms with Crippen molar-refractivity contribution in [2.45, 2.75) is 24.8 Å².